The summed E-state index contributed by atoms with van der Waals surface area (Å²) in [4.78, 5) is 12.2. The Morgan fingerprint density at radius 1 is 1.25 bits per heavy atom. The van der Waals surface area contributed by atoms with Gasteiger partial charge in [-0.2, -0.15) is 5.26 Å². The third kappa shape index (κ3) is 2.50. The van der Waals surface area contributed by atoms with Gasteiger partial charge in [0.25, 0.3) is 0 Å². The molecule has 5 heteroatoms. The predicted octanol–water partition coefficient (Wildman–Crippen LogP) is 2.79. The van der Waals surface area contributed by atoms with Crippen molar-refractivity contribution < 1.29 is 18.7 Å². The van der Waals surface area contributed by atoms with Crippen molar-refractivity contribution in [1.29, 1.82) is 5.26 Å². The minimum Gasteiger partial charge on any atom is -0.493 e. The number of carbonyl (C=O) groups is 1. The van der Waals surface area contributed by atoms with Crippen LogP contribution in [0.4, 0.5) is 0 Å². The van der Waals surface area contributed by atoms with E-state index in [-0.39, 0.29) is 5.78 Å². The highest BCUT2D eigenvalue weighted by molar-refractivity contribution is 6.02. The number of benzene rings is 1. The number of hydrogen-bond acceptors (Lipinski definition) is 5. The fourth-order valence-corrected chi connectivity index (χ4v) is 1.89. The zero-order valence-corrected chi connectivity index (χ0v) is 11.1. The molecule has 0 aliphatic rings. The highest BCUT2D eigenvalue weighted by Gasteiger charge is 2.23. The van der Waals surface area contributed by atoms with Crippen LogP contribution in [0.3, 0.4) is 0 Å². The van der Waals surface area contributed by atoms with Gasteiger partial charge < -0.3 is 13.9 Å². The smallest absolute Gasteiger partial charge is 0.187 e. The lowest BCUT2D eigenvalue weighted by Crippen LogP contribution is -2.10. The molecule has 0 saturated heterocycles. The molecule has 20 heavy (non-hydrogen) atoms. The minimum atomic E-state index is -0.910. The Morgan fingerprint density at radius 2 is 2.00 bits per heavy atom. The van der Waals surface area contributed by atoms with Gasteiger partial charge in [0.2, 0.25) is 0 Å². The van der Waals surface area contributed by atoms with Crippen LogP contribution in [-0.4, -0.2) is 20.0 Å². The maximum absolute atomic E-state index is 12.2. The molecule has 0 amide bonds. The fourth-order valence-electron chi connectivity index (χ4n) is 1.89. The van der Waals surface area contributed by atoms with Gasteiger partial charge in [0.1, 0.15) is 12.2 Å². The predicted molar refractivity (Wildman–Crippen MR) is 70.9 cm³/mol. The molecule has 1 aromatic heterocycles. The molecule has 2 aromatic rings. The van der Waals surface area contributed by atoms with E-state index in [1.807, 2.05) is 6.07 Å². The first-order valence-corrected chi connectivity index (χ1v) is 5.89. The molecule has 0 N–H and O–H groups in total. The topological polar surface area (TPSA) is 72.5 Å². The number of methoxy groups -OCH3 is 2. The Balaban J connectivity index is 2.38. The molecule has 0 radical (unpaired) electrons. The number of hydrogen-bond donors (Lipinski definition) is 0. The molecule has 1 heterocycles. The zero-order chi connectivity index (χ0) is 14.5. The first-order chi connectivity index (χ1) is 9.71. The molecular formula is C15H13NO4. The maximum Gasteiger partial charge on any atom is 0.187 e. The number of ketones is 1. The van der Waals surface area contributed by atoms with E-state index in [9.17, 15) is 10.1 Å². The number of carbonyl (C=O) groups excluding carboxylic acids is 1. The lowest BCUT2D eigenvalue weighted by Gasteiger charge is -2.12. The van der Waals surface area contributed by atoms with Crippen LogP contribution in [0.25, 0.3) is 0 Å². The van der Waals surface area contributed by atoms with Crippen LogP contribution in [0.1, 0.15) is 21.8 Å². The number of nitrogens with zero attached hydrogens (tertiary/aromatic N) is 1. The Bertz CT molecular complexity index is 640. The van der Waals surface area contributed by atoms with Crippen molar-refractivity contribution in [3.05, 3.63) is 47.9 Å². The summed E-state index contributed by atoms with van der Waals surface area (Å²) in [5.41, 5.74) is 0.919. The van der Waals surface area contributed by atoms with Crippen LogP contribution in [0.2, 0.25) is 0 Å². The van der Waals surface area contributed by atoms with Crippen molar-refractivity contribution in [2.75, 3.05) is 14.2 Å². The highest BCUT2D eigenvalue weighted by atomic mass is 16.5. The van der Waals surface area contributed by atoms with Crippen molar-refractivity contribution >= 4 is 5.78 Å². The van der Waals surface area contributed by atoms with E-state index in [2.05, 4.69) is 0 Å². The monoisotopic (exact) mass is 271 g/mol. The molecular weight excluding hydrogens is 258 g/mol. The van der Waals surface area contributed by atoms with Gasteiger partial charge in [0.05, 0.1) is 32.1 Å². The third-order valence-electron chi connectivity index (χ3n) is 2.94. The molecule has 0 bridgehead atoms. The Labute approximate surface area is 116 Å². The number of Topliss-reactive ketones (excluding diaryl/α,β-unsaturated/α-hetero) is 1. The highest BCUT2D eigenvalue weighted by Crippen LogP contribution is 2.31. The van der Waals surface area contributed by atoms with Gasteiger partial charge in [-0.1, -0.05) is 6.07 Å². The average Bonchev–Trinajstić information content (AvgIpc) is 3.01. The largest absolute Gasteiger partial charge is 0.493 e. The average molecular weight is 271 g/mol. The van der Waals surface area contributed by atoms with Gasteiger partial charge in [-0.15, -0.1) is 0 Å². The molecule has 0 spiro atoms. The van der Waals surface area contributed by atoms with Crippen LogP contribution >= 0.6 is 0 Å². The number of furan rings is 1. The quantitative estimate of drug-likeness (QED) is 0.782. The Morgan fingerprint density at radius 3 is 2.55 bits per heavy atom. The van der Waals surface area contributed by atoms with E-state index in [0.29, 0.717) is 22.6 Å². The van der Waals surface area contributed by atoms with Gasteiger partial charge in [-0.3, -0.25) is 4.79 Å². The van der Waals surface area contributed by atoms with Crippen molar-refractivity contribution in [3.8, 4) is 17.6 Å². The number of ether oxygens (including phenoxy) is 2. The van der Waals surface area contributed by atoms with Gasteiger partial charge in [0, 0.05) is 0 Å². The van der Waals surface area contributed by atoms with Gasteiger partial charge in [-0.05, 0) is 23.8 Å². The molecule has 1 atom stereocenters. The van der Waals surface area contributed by atoms with Crippen molar-refractivity contribution in [2.45, 2.75) is 5.92 Å². The van der Waals surface area contributed by atoms with Crippen molar-refractivity contribution in [2.24, 2.45) is 0 Å². The summed E-state index contributed by atoms with van der Waals surface area (Å²) in [7, 11) is 3.02. The minimum absolute atomic E-state index is 0.312. The first-order valence-electron chi connectivity index (χ1n) is 5.89. The van der Waals surface area contributed by atoms with Gasteiger partial charge in [-0.25, -0.2) is 0 Å². The molecule has 0 fully saturated rings. The molecule has 1 aromatic carbocycles. The lowest BCUT2D eigenvalue weighted by atomic mass is 9.93. The normalized spacial score (nSPS) is 11.4. The molecule has 5 nitrogen and oxygen atoms in total. The Hall–Kier alpha value is -2.74. The summed E-state index contributed by atoms with van der Waals surface area (Å²) in [5, 5.41) is 9.27. The summed E-state index contributed by atoms with van der Waals surface area (Å²) < 4.78 is 15.2. The second kappa shape index (κ2) is 5.93. The summed E-state index contributed by atoms with van der Waals surface area (Å²) in [6, 6.07) is 8.51. The van der Waals surface area contributed by atoms with Crippen LogP contribution in [-0.2, 0) is 0 Å². The third-order valence-corrected chi connectivity index (χ3v) is 2.94. The standard InChI is InChI=1S/C15H13NO4/c1-18-13-4-3-10(7-14(13)19-2)12(8-16)15(17)11-5-6-20-9-11/h3-7,9,12H,1-2H3. The zero-order valence-electron chi connectivity index (χ0n) is 11.1. The van der Waals surface area contributed by atoms with Crippen LogP contribution in [0, 0.1) is 11.3 Å². The van der Waals surface area contributed by atoms with Crippen LogP contribution in [0.5, 0.6) is 11.5 Å². The molecule has 1 unspecified atom stereocenters. The summed E-state index contributed by atoms with van der Waals surface area (Å²) in [5.74, 6) is -0.199. The van der Waals surface area contributed by atoms with E-state index in [4.69, 9.17) is 13.9 Å². The second-order valence-corrected chi connectivity index (χ2v) is 4.05. The molecule has 0 saturated carbocycles. The molecule has 0 aliphatic carbocycles. The van der Waals surface area contributed by atoms with Gasteiger partial charge >= 0.3 is 0 Å². The van der Waals surface area contributed by atoms with E-state index in [0.717, 1.165) is 0 Å². The van der Waals surface area contributed by atoms with Crippen molar-refractivity contribution in [3.63, 3.8) is 0 Å². The molecule has 102 valence electrons. The number of nitriles is 1. The van der Waals surface area contributed by atoms with Crippen molar-refractivity contribution in [1.82, 2.24) is 0 Å². The van der Waals surface area contributed by atoms with Gasteiger partial charge in [0.15, 0.2) is 17.3 Å². The van der Waals surface area contributed by atoms with E-state index in [1.165, 1.54) is 32.8 Å². The Kier molecular flexibility index (Phi) is 4.06. The molecule has 0 aliphatic heterocycles. The van der Waals surface area contributed by atoms with Crippen LogP contribution in [0.15, 0.2) is 41.2 Å². The van der Waals surface area contributed by atoms with E-state index < -0.39 is 5.92 Å². The maximum atomic E-state index is 12.2. The van der Waals surface area contributed by atoms with Crippen LogP contribution < -0.4 is 9.47 Å². The SMILES string of the molecule is COc1ccc(C(C#N)C(=O)c2ccoc2)cc1OC. The van der Waals surface area contributed by atoms with E-state index >= 15 is 0 Å². The first kappa shape index (κ1) is 13.7. The molecule has 2 rings (SSSR count). The number of rotatable bonds is 5. The lowest BCUT2D eigenvalue weighted by molar-refractivity contribution is 0.0978. The summed E-state index contributed by atoms with van der Waals surface area (Å²) >= 11 is 0. The second-order valence-electron chi connectivity index (χ2n) is 4.05. The fraction of sp³-hybridized carbons (Fsp3) is 0.200. The summed E-state index contributed by atoms with van der Waals surface area (Å²) in [6.07, 6.45) is 2.73. The summed E-state index contributed by atoms with van der Waals surface area (Å²) in [6.45, 7) is 0. The van der Waals surface area contributed by atoms with E-state index in [1.54, 1.807) is 18.2 Å².